The van der Waals surface area contributed by atoms with Gasteiger partial charge in [0.25, 0.3) is 5.91 Å². The van der Waals surface area contributed by atoms with Crippen molar-refractivity contribution >= 4 is 44.7 Å². The molecule has 1 aromatic heterocycles. The molecule has 340 valence electrons. The molecule has 3 N–H and O–H groups in total. The van der Waals surface area contributed by atoms with Crippen LogP contribution in [0.3, 0.4) is 0 Å². The van der Waals surface area contributed by atoms with Crippen molar-refractivity contribution in [3.8, 4) is 11.5 Å². The van der Waals surface area contributed by atoms with E-state index in [1.165, 1.54) is 17.9 Å². The van der Waals surface area contributed by atoms with E-state index >= 15 is 0 Å². The number of hydrogen-bond donors (Lipinski definition) is 3. The molecule has 5 aliphatic rings. The monoisotopic (exact) mass is 891 g/mol. The number of nitrogens with one attached hydrogen (secondary N) is 3. The maximum atomic E-state index is 14.9. The summed E-state index contributed by atoms with van der Waals surface area (Å²) in [5.74, 6) is -3.09. The van der Waals surface area contributed by atoms with E-state index < -0.39 is 90.9 Å². The Morgan fingerprint density at radius 2 is 1.82 bits per heavy atom. The maximum absolute atomic E-state index is 14.9. The number of alkyl carbamates (subject to hydrolysis) is 1. The predicted molar refractivity (Wildman–Crippen MR) is 220 cm³/mol. The summed E-state index contributed by atoms with van der Waals surface area (Å²) >= 11 is 0. The van der Waals surface area contributed by atoms with E-state index in [0.717, 1.165) is 0 Å². The molecule has 62 heavy (non-hydrogen) atoms. The molecule has 0 bridgehead atoms. The largest absolute Gasteiger partial charge is 0.493 e. The first-order valence-electron chi connectivity index (χ1n) is 21.3. The highest BCUT2D eigenvalue weighted by molar-refractivity contribution is 7.91. The number of aryl methyl sites for hydroxylation is 1. The highest BCUT2D eigenvalue weighted by atomic mass is 32.2. The van der Waals surface area contributed by atoms with Crippen LogP contribution in [0.1, 0.15) is 110 Å². The SMILES string of the molecule is COCCCOc1ccc2nc(C(F)(F)F)c3c(c2c1)CC[C@]1(C[C@H]2C(=O)N[C@]4(C(=O)NS(=O)(=O)C5(C)CC5)C[C@@H]4/C=C\CCCCC[C@H](NC(=O)OC(C)(C)C)C(=O)N2C1)O3. The standard InChI is InChI=1S/C43H56F3N5O10S/c1-39(2,3)61-38(55)48-31-13-10-8-6-7-9-12-26-23-42(26,37(54)50-62(56,57)40(4)18-19-40)49-35(52)32-24-41(25-51(32)36(31)53)17-16-28-29-22-27(59-21-11-20-58-5)14-15-30(29)47-34(33(28)60-41)43(44,45)46/h9,12,14-15,22,26,31-32H,6-8,10-11,13,16-21,23-25H2,1-5H3,(H,48,55)(H,49,52)(H,50,54)/b12-9-/t26-,31-,32-,41+,42+/m0/s1. The molecular weight excluding hydrogens is 836 g/mol. The number of amides is 4. The molecule has 1 saturated heterocycles. The molecule has 1 spiro atoms. The van der Waals surface area contributed by atoms with Gasteiger partial charge in [0.2, 0.25) is 21.8 Å². The first-order valence-corrected chi connectivity index (χ1v) is 22.8. The van der Waals surface area contributed by atoms with Crippen LogP contribution in [0, 0.1) is 5.92 Å². The first kappa shape index (κ1) is 45.4. The number of pyridine rings is 1. The number of benzene rings is 1. The van der Waals surface area contributed by atoms with E-state index in [9.17, 15) is 40.8 Å². The van der Waals surface area contributed by atoms with E-state index in [2.05, 4.69) is 20.3 Å². The summed E-state index contributed by atoms with van der Waals surface area (Å²) in [5, 5.41) is 5.86. The molecule has 3 aliphatic heterocycles. The second kappa shape index (κ2) is 16.8. The Balaban J connectivity index is 1.26. The van der Waals surface area contributed by atoms with Crippen molar-refractivity contribution in [1.82, 2.24) is 25.2 Å². The van der Waals surface area contributed by atoms with Gasteiger partial charge in [0, 0.05) is 43.4 Å². The minimum absolute atomic E-state index is 0.0519. The number of hydrogen-bond acceptors (Lipinski definition) is 11. The molecule has 15 nitrogen and oxygen atoms in total. The molecule has 2 saturated carbocycles. The van der Waals surface area contributed by atoms with E-state index in [4.69, 9.17) is 18.9 Å². The number of carbonyl (C=O) groups excluding carboxylic acids is 4. The lowest BCUT2D eigenvalue weighted by molar-refractivity contribution is -0.144. The maximum Gasteiger partial charge on any atom is 0.437 e. The van der Waals surface area contributed by atoms with Crippen molar-refractivity contribution in [3.05, 3.63) is 41.6 Å². The van der Waals surface area contributed by atoms with Crippen LogP contribution >= 0.6 is 0 Å². The third kappa shape index (κ3) is 9.48. The summed E-state index contributed by atoms with van der Waals surface area (Å²) in [6, 6.07) is 2.02. The summed E-state index contributed by atoms with van der Waals surface area (Å²) in [4.78, 5) is 61.9. The Morgan fingerprint density at radius 1 is 1.06 bits per heavy atom. The minimum Gasteiger partial charge on any atom is -0.493 e. The van der Waals surface area contributed by atoms with Crippen molar-refractivity contribution in [2.45, 2.75) is 144 Å². The molecule has 7 rings (SSSR count). The average Bonchev–Trinajstić information content (AvgIpc) is 4.08. The Hall–Kier alpha value is -4.65. The lowest BCUT2D eigenvalue weighted by Gasteiger charge is -2.37. The fourth-order valence-corrected chi connectivity index (χ4v) is 9.95. The molecule has 4 heterocycles. The fraction of sp³-hybridized carbons (Fsp3) is 0.651. The summed E-state index contributed by atoms with van der Waals surface area (Å²) in [6.07, 6.45) is 1.72. The molecule has 4 amide bonds. The van der Waals surface area contributed by atoms with Crippen LogP contribution in [0.15, 0.2) is 30.4 Å². The van der Waals surface area contributed by atoms with Gasteiger partial charge in [-0.2, -0.15) is 13.2 Å². The average molecular weight is 892 g/mol. The molecule has 2 aliphatic carbocycles. The predicted octanol–water partition coefficient (Wildman–Crippen LogP) is 5.62. The summed E-state index contributed by atoms with van der Waals surface area (Å²) in [6.45, 7) is 6.95. The minimum atomic E-state index is -4.95. The highest BCUT2D eigenvalue weighted by Crippen LogP contribution is 2.50. The van der Waals surface area contributed by atoms with Crippen LogP contribution in [-0.4, -0.2) is 103 Å². The van der Waals surface area contributed by atoms with Crippen molar-refractivity contribution in [1.29, 1.82) is 0 Å². The lowest BCUT2D eigenvalue weighted by Crippen LogP contribution is -2.58. The van der Waals surface area contributed by atoms with E-state index in [-0.39, 0.29) is 49.7 Å². The first-order chi connectivity index (χ1) is 29.1. The van der Waals surface area contributed by atoms with Gasteiger partial charge in [0.1, 0.15) is 34.6 Å². The number of carbonyl (C=O) groups is 4. The van der Waals surface area contributed by atoms with Crippen molar-refractivity contribution in [2.75, 3.05) is 26.9 Å². The fourth-order valence-electron chi connectivity index (χ4n) is 8.63. The van der Waals surface area contributed by atoms with Gasteiger partial charge in [-0.1, -0.05) is 25.0 Å². The van der Waals surface area contributed by atoms with Crippen LogP contribution in [0.5, 0.6) is 11.5 Å². The number of nitrogens with zero attached hydrogens (tertiary/aromatic N) is 2. The van der Waals surface area contributed by atoms with Crippen LogP contribution < -0.4 is 24.8 Å². The van der Waals surface area contributed by atoms with Gasteiger partial charge in [0.15, 0.2) is 11.4 Å². The van der Waals surface area contributed by atoms with Gasteiger partial charge in [-0.25, -0.2) is 18.2 Å². The quantitative estimate of drug-likeness (QED) is 0.209. The normalized spacial score (nSPS) is 27.9. The van der Waals surface area contributed by atoms with Crippen LogP contribution in [0.25, 0.3) is 10.9 Å². The van der Waals surface area contributed by atoms with Crippen molar-refractivity contribution in [2.24, 2.45) is 5.92 Å². The van der Waals surface area contributed by atoms with Crippen LogP contribution in [0.4, 0.5) is 18.0 Å². The molecule has 2 aromatic rings. The van der Waals surface area contributed by atoms with E-state index in [1.807, 2.05) is 6.08 Å². The van der Waals surface area contributed by atoms with Gasteiger partial charge in [-0.3, -0.25) is 19.1 Å². The number of halogens is 3. The van der Waals surface area contributed by atoms with Gasteiger partial charge in [-0.15, -0.1) is 0 Å². The lowest BCUT2D eigenvalue weighted by atomic mass is 9.87. The Kier molecular flexibility index (Phi) is 12.3. The number of fused-ring (bicyclic) bond motifs is 5. The summed E-state index contributed by atoms with van der Waals surface area (Å²) in [7, 11) is -2.54. The third-order valence-electron chi connectivity index (χ3n) is 12.5. The summed E-state index contributed by atoms with van der Waals surface area (Å²) in [5.41, 5.74) is -5.06. The third-order valence-corrected chi connectivity index (χ3v) is 14.7. The molecule has 19 heteroatoms. The van der Waals surface area contributed by atoms with Gasteiger partial charge in [-0.05, 0) is 97.3 Å². The highest BCUT2D eigenvalue weighted by Gasteiger charge is 2.64. The van der Waals surface area contributed by atoms with Crippen molar-refractivity contribution < 1.29 is 59.7 Å². The number of rotatable bonds is 9. The molecule has 5 atom stereocenters. The molecule has 0 radical (unpaired) electrons. The van der Waals surface area contributed by atoms with Crippen LogP contribution in [0.2, 0.25) is 0 Å². The molecular formula is C43H56F3N5O10S. The zero-order valence-corrected chi connectivity index (χ0v) is 36.6. The Bertz CT molecular complexity index is 2240. The van der Waals surface area contributed by atoms with Crippen molar-refractivity contribution in [3.63, 3.8) is 0 Å². The topological polar surface area (TPSA) is 192 Å². The zero-order valence-electron chi connectivity index (χ0n) is 35.7. The molecule has 0 unspecified atom stereocenters. The number of alkyl halides is 3. The number of aromatic nitrogens is 1. The number of sulfonamides is 1. The smallest absolute Gasteiger partial charge is 0.437 e. The van der Waals surface area contributed by atoms with Gasteiger partial charge in [0.05, 0.1) is 23.4 Å². The van der Waals surface area contributed by atoms with Crippen LogP contribution in [-0.2, 0) is 46.5 Å². The zero-order chi connectivity index (χ0) is 44.9. The van der Waals surface area contributed by atoms with Gasteiger partial charge >= 0.3 is 12.3 Å². The number of ether oxygens (including phenoxy) is 4. The Labute approximate surface area is 359 Å². The second-order valence-electron chi connectivity index (χ2n) is 18.5. The Morgan fingerprint density at radius 3 is 2.52 bits per heavy atom. The molecule has 1 aromatic carbocycles. The van der Waals surface area contributed by atoms with E-state index in [0.29, 0.717) is 69.3 Å². The number of methoxy groups -OCH3 is 1. The second-order valence-corrected chi connectivity index (χ2v) is 20.7. The number of allylic oxidation sites excluding steroid dienone is 1. The molecule has 3 fully saturated rings. The van der Waals surface area contributed by atoms with Gasteiger partial charge < -0.3 is 34.5 Å². The summed E-state index contributed by atoms with van der Waals surface area (Å²) < 4.78 is 95.1. The van der Waals surface area contributed by atoms with E-state index in [1.54, 1.807) is 46.1 Å².